The molecule has 0 heterocycles. The molecular weight excluding hydrogens is 302 g/mol. The SMILES string of the molecule is CC(=S)NCCCCC(OC(N)=O)C(=O)Nc1ccccc1. The number of ether oxygens (including phenoxy) is 1. The van der Waals surface area contributed by atoms with Gasteiger partial charge in [0, 0.05) is 12.2 Å². The number of thiocarbonyl (C=S) groups is 1. The lowest BCUT2D eigenvalue weighted by molar-refractivity contribution is -0.124. The second-order valence-corrected chi connectivity index (χ2v) is 5.37. The molecule has 0 aromatic heterocycles. The second-order valence-electron chi connectivity index (χ2n) is 4.76. The highest BCUT2D eigenvalue weighted by atomic mass is 32.1. The number of amides is 2. The molecule has 0 saturated carbocycles. The number of nitrogens with two attached hydrogens (primary N) is 1. The molecule has 0 aliphatic rings. The summed E-state index contributed by atoms with van der Waals surface area (Å²) in [6.07, 6.45) is 0.0631. The average Bonchev–Trinajstić information content (AvgIpc) is 2.46. The summed E-state index contributed by atoms with van der Waals surface area (Å²) in [5.74, 6) is -0.385. The molecule has 1 aromatic carbocycles. The fourth-order valence-corrected chi connectivity index (χ4v) is 1.95. The molecule has 0 radical (unpaired) electrons. The van der Waals surface area contributed by atoms with E-state index in [1.54, 1.807) is 24.3 Å². The van der Waals surface area contributed by atoms with Crippen molar-refractivity contribution in [3.05, 3.63) is 30.3 Å². The number of unbranched alkanes of at least 4 members (excludes halogenated alkanes) is 1. The molecular formula is C15H21N3O3S. The fourth-order valence-electron chi connectivity index (χ4n) is 1.85. The molecule has 4 N–H and O–H groups in total. The van der Waals surface area contributed by atoms with Crippen LogP contribution in [0.4, 0.5) is 10.5 Å². The van der Waals surface area contributed by atoms with Crippen molar-refractivity contribution >= 4 is 34.9 Å². The molecule has 2 amide bonds. The van der Waals surface area contributed by atoms with Crippen molar-refractivity contribution in [3.63, 3.8) is 0 Å². The van der Waals surface area contributed by atoms with Crippen LogP contribution < -0.4 is 16.4 Å². The predicted molar refractivity (Wildman–Crippen MR) is 89.7 cm³/mol. The van der Waals surface area contributed by atoms with Gasteiger partial charge in [-0.15, -0.1) is 0 Å². The Morgan fingerprint density at radius 1 is 1.27 bits per heavy atom. The first-order valence-corrected chi connectivity index (χ1v) is 7.46. The number of carbonyl (C=O) groups excluding carboxylic acids is 2. The van der Waals surface area contributed by atoms with Crippen LogP contribution in [-0.2, 0) is 9.53 Å². The Morgan fingerprint density at radius 2 is 1.95 bits per heavy atom. The Kier molecular flexibility index (Phi) is 7.91. The highest BCUT2D eigenvalue weighted by Crippen LogP contribution is 2.10. The summed E-state index contributed by atoms with van der Waals surface area (Å²) in [7, 11) is 0. The van der Waals surface area contributed by atoms with Crippen molar-refractivity contribution in [1.82, 2.24) is 5.32 Å². The molecule has 0 saturated heterocycles. The lowest BCUT2D eigenvalue weighted by Gasteiger charge is -2.16. The number of benzene rings is 1. The fraction of sp³-hybridized carbons (Fsp3) is 0.400. The number of rotatable bonds is 8. The molecule has 1 atom stereocenters. The standard InChI is InChI=1S/C15H21N3O3S/c1-11(22)17-10-6-5-9-13(21-15(16)20)14(19)18-12-7-3-2-4-8-12/h2-4,7-8,13H,5-6,9-10H2,1H3,(H2,16,20)(H,17,22)(H,18,19). The van der Waals surface area contributed by atoms with E-state index in [4.69, 9.17) is 22.7 Å². The van der Waals surface area contributed by atoms with Crippen LogP contribution in [0.1, 0.15) is 26.2 Å². The first-order chi connectivity index (χ1) is 10.5. The van der Waals surface area contributed by atoms with E-state index in [1.165, 1.54) is 0 Å². The van der Waals surface area contributed by atoms with Crippen molar-refractivity contribution in [3.8, 4) is 0 Å². The van der Waals surface area contributed by atoms with Crippen molar-refractivity contribution < 1.29 is 14.3 Å². The zero-order chi connectivity index (χ0) is 16.4. The number of anilines is 1. The maximum absolute atomic E-state index is 12.1. The van der Waals surface area contributed by atoms with Crippen LogP contribution in [0.25, 0.3) is 0 Å². The number of carbonyl (C=O) groups is 2. The summed E-state index contributed by atoms with van der Waals surface area (Å²) in [5.41, 5.74) is 5.67. The zero-order valence-corrected chi connectivity index (χ0v) is 13.3. The molecule has 0 fully saturated rings. The molecule has 7 heteroatoms. The van der Waals surface area contributed by atoms with E-state index in [0.29, 0.717) is 18.5 Å². The van der Waals surface area contributed by atoms with Gasteiger partial charge in [0.2, 0.25) is 0 Å². The van der Waals surface area contributed by atoms with E-state index in [9.17, 15) is 9.59 Å². The van der Waals surface area contributed by atoms with Gasteiger partial charge in [-0.05, 0) is 38.3 Å². The molecule has 120 valence electrons. The lowest BCUT2D eigenvalue weighted by Crippen LogP contribution is -2.34. The first kappa shape index (κ1) is 17.9. The van der Waals surface area contributed by atoms with E-state index in [0.717, 1.165) is 18.0 Å². The largest absolute Gasteiger partial charge is 0.436 e. The predicted octanol–water partition coefficient (Wildman–Crippen LogP) is 2.20. The molecule has 1 unspecified atom stereocenters. The van der Waals surface area contributed by atoms with Gasteiger partial charge in [-0.2, -0.15) is 0 Å². The Balaban J connectivity index is 2.46. The zero-order valence-electron chi connectivity index (χ0n) is 12.5. The molecule has 0 aliphatic heterocycles. The molecule has 6 nitrogen and oxygen atoms in total. The Morgan fingerprint density at radius 3 is 2.55 bits per heavy atom. The van der Waals surface area contributed by atoms with Gasteiger partial charge in [0.15, 0.2) is 6.10 Å². The van der Waals surface area contributed by atoms with E-state index < -0.39 is 12.2 Å². The normalized spacial score (nSPS) is 11.3. The van der Waals surface area contributed by atoms with Crippen molar-refractivity contribution in [1.29, 1.82) is 0 Å². The molecule has 22 heavy (non-hydrogen) atoms. The molecule has 0 aliphatic carbocycles. The third kappa shape index (κ3) is 7.58. The molecule has 1 aromatic rings. The van der Waals surface area contributed by atoms with E-state index in [-0.39, 0.29) is 5.91 Å². The summed E-state index contributed by atoms with van der Waals surface area (Å²) < 4.78 is 4.89. The van der Waals surface area contributed by atoms with Crippen LogP contribution in [0.5, 0.6) is 0 Å². The minimum absolute atomic E-state index is 0.385. The first-order valence-electron chi connectivity index (χ1n) is 7.05. The minimum atomic E-state index is -0.957. The Labute approximate surface area is 135 Å². The van der Waals surface area contributed by atoms with Gasteiger partial charge < -0.3 is 21.1 Å². The van der Waals surface area contributed by atoms with Gasteiger partial charge >= 0.3 is 6.09 Å². The molecule has 0 spiro atoms. The van der Waals surface area contributed by atoms with Crippen LogP contribution in [-0.4, -0.2) is 29.6 Å². The number of primary amides is 1. The number of para-hydroxylation sites is 1. The summed E-state index contributed by atoms with van der Waals surface area (Å²) in [4.78, 5) is 23.8. The van der Waals surface area contributed by atoms with Gasteiger partial charge in [0.25, 0.3) is 5.91 Å². The highest BCUT2D eigenvalue weighted by molar-refractivity contribution is 7.80. The number of hydrogen-bond acceptors (Lipinski definition) is 4. The minimum Gasteiger partial charge on any atom is -0.436 e. The van der Waals surface area contributed by atoms with Gasteiger partial charge in [0.05, 0.1) is 4.99 Å². The highest BCUT2D eigenvalue weighted by Gasteiger charge is 2.21. The van der Waals surface area contributed by atoms with Crippen LogP contribution >= 0.6 is 12.2 Å². The van der Waals surface area contributed by atoms with E-state index in [2.05, 4.69) is 10.6 Å². The number of nitrogens with one attached hydrogen (secondary N) is 2. The third-order valence-corrected chi connectivity index (χ3v) is 3.00. The average molecular weight is 323 g/mol. The topological polar surface area (TPSA) is 93.4 Å². The van der Waals surface area contributed by atoms with Crippen LogP contribution in [0.3, 0.4) is 0 Å². The summed E-state index contributed by atoms with van der Waals surface area (Å²) >= 11 is 4.91. The monoisotopic (exact) mass is 323 g/mol. The summed E-state index contributed by atoms with van der Waals surface area (Å²) in [6, 6.07) is 8.96. The lowest BCUT2D eigenvalue weighted by atomic mass is 10.1. The van der Waals surface area contributed by atoms with Gasteiger partial charge in [-0.3, -0.25) is 4.79 Å². The maximum atomic E-state index is 12.1. The second kappa shape index (κ2) is 9.73. The third-order valence-electron chi connectivity index (χ3n) is 2.86. The van der Waals surface area contributed by atoms with E-state index >= 15 is 0 Å². The van der Waals surface area contributed by atoms with Gasteiger partial charge in [-0.25, -0.2) is 4.79 Å². The van der Waals surface area contributed by atoms with Crippen molar-refractivity contribution in [2.24, 2.45) is 5.73 Å². The quantitative estimate of drug-likeness (QED) is 0.504. The molecule has 1 rings (SSSR count). The summed E-state index contributed by atoms with van der Waals surface area (Å²) in [5, 5.41) is 5.73. The summed E-state index contributed by atoms with van der Waals surface area (Å²) in [6.45, 7) is 2.53. The maximum Gasteiger partial charge on any atom is 0.405 e. The Bertz CT molecular complexity index is 508. The molecule has 0 bridgehead atoms. The van der Waals surface area contributed by atoms with Crippen LogP contribution in [0.15, 0.2) is 30.3 Å². The smallest absolute Gasteiger partial charge is 0.405 e. The van der Waals surface area contributed by atoms with Crippen molar-refractivity contribution in [2.45, 2.75) is 32.3 Å². The van der Waals surface area contributed by atoms with Crippen molar-refractivity contribution in [2.75, 3.05) is 11.9 Å². The van der Waals surface area contributed by atoms with Gasteiger partial charge in [-0.1, -0.05) is 30.4 Å². The van der Waals surface area contributed by atoms with Crippen LogP contribution in [0.2, 0.25) is 0 Å². The van der Waals surface area contributed by atoms with Gasteiger partial charge in [0.1, 0.15) is 0 Å². The van der Waals surface area contributed by atoms with E-state index in [1.807, 2.05) is 13.0 Å². The van der Waals surface area contributed by atoms with Crippen LogP contribution in [0, 0.1) is 0 Å². The number of hydrogen-bond donors (Lipinski definition) is 3. The Hall–Kier alpha value is -2.15.